The zero-order valence-corrected chi connectivity index (χ0v) is 23.8. The number of hydrogen-bond donors (Lipinski definition) is 0. The van der Waals surface area contributed by atoms with E-state index in [9.17, 15) is 4.79 Å². The maximum absolute atomic E-state index is 12.6. The van der Waals surface area contributed by atoms with E-state index in [4.69, 9.17) is 4.74 Å². The fourth-order valence-electron chi connectivity index (χ4n) is 11.4. The van der Waals surface area contributed by atoms with Crippen LogP contribution in [0.4, 0.5) is 0 Å². The molecule has 5 aliphatic carbocycles. The Hall–Kier alpha value is -0.530. The molecule has 5 aliphatic rings. The molecule has 8 unspecified atom stereocenters. The van der Waals surface area contributed by atoms with E-state index in [-0.39, 0.29) is 11.6 Å². The number of esters is 1. The van der Waals surface area contributed by atoms with Crippen molar-refractivity contribution in [1.29, 1.82) is 0 Å². The van der Waals surface area contributed by atoms with Gasteiger partial charge >= 0.3 is 5.97 Å². The molecule has 0 aromatic rings. The summed E-state index contributed by atoms with van der Waals surface area (Å²) in [6, 6.07) is 0. The summed E-state index contributed by atoms with van der Waals surface area (Å²) in [6.45, 7) is 21.9. The molecule has 5 rings (SSSR count). The molecule has 34 heavy (non-hydrogen) atoms. The van der Waals surface area contributed by atoms with Crippen LogP contribution in [0.2, 0.25) is 0 Å². The summed E-state index contributed by atoms with van der Waals surface area (Å²) in [7, 11) is 0. The van der Waals surface area contributed by atoms with Crippen LogP contribution in [0, 0.1) is 75.9 Å². The van der Waals surface area contributed by atoms with Gasteiger partial charge in [-0.05, 0) is 122 Å². The Morgan fingerprint density at radius 1 is 0.765 bits per heavy atom. The molecule has 12 atom stereocenters. The molecule has 0 spiro atoms. The maximum atomic E-state index is 12.6. The molecule has 0 bridgehead atoms. The highest BCUT2D eigenvalue weighted by Gasteiger charge is 2.65. The third-order valence-corrected chi connectivity index (χ3v) is 13.1. The van der Waals surface area contributed by atoms with Crippen LogP contribution < -0.4 is 0 Å². The van der Waals surface area contributed by atoms with Crippen LogP contribution in [0.3, 0.4) is 0 Å². The topological polar surface area (TPSA) is 26.3 Å². The average molecular weight is 471 g/mol. The zero-order chi connectivity index (χ0) is 24.8. The van der Waals surface area contributed by atoms with Crippen LogP contribution in [0.5, 0.6) is 0 Å². The predicted molar refractivity (Wildman–Crippen MR) is 140 cm³/mol. The lowest BCUT2D eigenvalue weighted by molar-refractivity contribution is -0.234. The molecule has 2 heteroatoms. The molecule has 194 valence electrons. The first kappa shape index (κ1) is 25.1. The predicted octanol–water partition coefficient (Wildman–Crippen LogP) is 8.39. The van der Waals surface area contributed by atoms with Gasteiger partial charge in [0.05, 0.1) is 0 Å². The highest BCUT2D eigenvalue weighted by atomic mass is 16.6. The van der Waals surface area contributed by atoms with E-state index in [0.717, 1.165) is 59.7 Å². The van der Waals surface area contributed by atoms with E-state index < -0.39 is 0 Å². The number of rotatable bonds is 1. The summed E-state index contributed by atoms with van der Waals surface area (Å²) < 4.78 is 6.49. The van der Waals surface area contributed by atoms with E-state index in [1.165, 1.54) is 44.9 Å². The van der Waals surface area contributed by atoms with Gasteiger partial charge in [0.2, 0.25) is 0 Å². The van der Waals surface area contributed by atoms with Crippen molar-refractivity contribution in [2.45, 2.75) is 119 Å². The summed E-state index contributed by atoms with van der Waals surface area (Å²) in [6.07, 6.45) is 10.8. The van der Waals surface area contributed by atoms with Crippen molar-refractivity contribution in [2.75, 3.05) is 0 Å². The van der Waals surface area contributed by atoms with E-state index in [1.54, 1.807) is 6.92 Å². The summed E-state index contributed by atoms with van der Waals surface area (Å²) in [5, 5.41) is 0. The lowest BCUT2D eigenvalue weighted by Crippen LogP contribution is -2.65. The Morgan fingerprint density at radius 2 is 1.44 bits per heavy atom. The van der Waals surface area contributed by atoms with E-state index >= 15 is 0 Å². The van der Waals surface area contributed by atoms with Crippen LogP contribution in [-0.2, 0) is 9.53 Å². The molecule has 0 amide bonds. The van der Waals surface area contributed by atoms with E-state index in [0.29, 0.717) is 22.7 Å². The van der Waals surface area contributed by atoms with Gasteiger partial charge in [-0.2, -0.15) is 0 Å². The molecule has 0 saturated heterocycles. The molecule has 2 nitrogen and oxygen atoms in total. The van der Waals surface area contributed by atoms with Crippen molar-refractivity contribution in [3.8, 4) is 0 Å². The molecule has 0 aromatic carbocycles. The monoisotopic (exact) mass is 470 g/mol. The Labute approximate surface area is 210 Å². The average Bonchev–Trinajstić information content (AvgIpc) is 2.71. The third-order valence-electron chi connectivity index (χ3n) is 13.1. The van der Waals surface area contributed by atoms with E-state index in [1.807, 2.05) is 0 Å². The molecule has 0 aromatic heterocycles. The fourth-order valence-corrected chi connectivity index (χ4v) is 11.4. The summed E-state index contributed by atoms with van der Waals surface area (Å²) in [5.41, 5.74) is 0.510. The number of fused-ring (bicyclic) bond motifs is 7. The third kappa shape index (κ3) is 3.73. The minimum atomic E-state index is -0.302. The van der Waals surface area contributed by atoms with Crippen molar-refractivity contribution in [3.05, 3.63) is 0 Å². The van der Waals surface area contributed by atoms with Crippen LogP contribution in [0.25, 0.3) is 0 Å². The van der Waals surface area contributed by atoms with Gasteiger partial charge in [-0.1, -0.05) is 54.9 Å². The SMILES string of the molecule is CC(=O)O[C@]1(C)CC2C(CCCC2(C)C)C2C1C1C[C@@H](C)C3CCC(C)(C)[C@H](C)C3C1C[C@H]2C. The minimum Gasteiger partial charge on any atom is -0.459 e. The standard InChI is InChI=1S/C32H54O2/c1-18-15-25-24(28-20(3)30(5,6)14-12-22(18)28)16-19(2)27-23-11-10-13-31(7,8)26(23)17-32(9,29(25)27)34-21(4)33/h18-20,22-29H,10-17H2,1-9H3/t18-,19-,20-,22?,23?,24?,25?,26?,27?,28?,29?,32-/m1/s1. The lowest BCUT2D eigenvalue weighted by Gasteiger charge is -2.67. The second-order valence-electron chi connectivity index (χ2n) is 15.7. The van der Waals surface area contributed by atoms with Gasteiger partial charge in [0.15, 0.2) is 0 Å². The molecule has 0 N–H and O–H groups in total. The number of carbonyl (C=O) groups excluding carboxylic acids is 1. The normalized spacial score (nSPS) is 53.5. The van der Waals surface area contributed by atoms with Crippen molar-refractivity contribution < 1.29 is 9.53 Å². The van der Waals surface area contributed by atoms with Crippen LogP contribution in [0.1, 0.15) is 114 Å². The smallest absolute Gasteiger partial charge is 0.303 e. The van der Waals surface area contributed by atoms with Crippen LogP contribution >= 0.6 is 0 Å². The Kier molecular flexibility index (Phi) is 6.09. The van der Waals surface area contributed by atoms with Crippen molar-refractivity contribution in [1.82, 2.24) is 0 Å². The van der Waals surface area contributed by atoms with Gasteiger partial charge in [-0.3, -0.25) is 4.79 Å². The first-order chi connectivity index (χ1) is 15.8. The van der Waals surface area contributed by atoms with Gasteiger partial charge in [-0.25, -0.2) is 0 Å². The number of ether oxygens (including phenoxy) is 1. The Balaban J connectivity index is 1.58. The number of hydrogen-bond acceptors (Lipinski definition) is 2. The second-order valence-corrected chi connectivity index (χ2v) is 15.7. The fraction of sp³-hybridized carbons (Fsp3) is 0.969. The summed E-state index contributed by atoms with van der Waals surface area (Å²) in [5.74, 6) is 8.34. The molecule has 5 saturated carbocycles. The van der Waals surface area contributed by atoms with Crippen LogP contribution in [-0.4, -0.2) is 11.6 Å². The molecule has 5 fully saturated rings. The van der Waals surface area contributed by atoms with Gasteiger partial charge in [0, 0.05) is 12.8 Å². The number of carbonyl (C=O) groups is 1. The van der Waals surface area contributed by atoms with Crippen LogP contribution in [0.15, 0.2) is 0 Å². The zero-order valence-electron chi connectivity index (χ0n) is 23.8. The van der Waals surface area contributed by atoms with Crippen molar-refractivity contribution >= 4 is 5.97 Å². The van der Waals surface area contributed by atoms with Gasteiger partial charge in [-0.15, -0.1) is 0 Å². The van der Waals surface area contributed by atoms with Crippen molar-refractivity contribution in [2.24, 2.45) is 75.9 Å². The first-order valence-corrected chi connectivity index (χ1v) is 15.0. The largest absolute Gasteiger partial charge is 0.459 e. The van der Waals surface area contributed by atoms with Gasteiger partial charge in [0.1, 0.15) is 5.60 Å². The molecular weight excluding hydrogens is 416 g/mol. The highest BCUT2D eigenvalue weighted by molar-refractivity contribution is 5.66. The Bertz CT molecular complexity index is 795. The molecule has 0 heterocycles. The van der Waals surface area contributed by atoms with E-state index in [2.05, 4.69) is 55.4 Å². The molecular formula is C32H54O2. The van der Waals surface area contributed by atoms with Gasteiger partial charge < -0.3 is 4.74 Å². The van der Waals surface area contributed by atoms with Crippen molar-refractivity contribution in [3.63, 3.8) is 0 Å². The quantitative estimate of drug-likeness (QED) is 0.360. The molecule has 0 radical (unpaired) electrons. The Morgan fingerprint density at radius 3 is 2.12 bits per heavy atom. The van der Waals surface area contributed by atoms with Gasteiger partial charge in [0.25, 0.3) is 0 Å². The first-order valence-electron chi connectivity index (χ1n) is 15.0. The minimum absolute atomic E-state index is 0.0583. The summed E-state index contributed by atoms with van der Waals surface area (Å²) in [4.78, 5) is 12.6. The molecule has 0 aliphatic heterocycles. The lowest BCUT2D eigenvalue weighted by atomic mass is 9.39. The summed E-state index contributed by atoms with van der Waals surface area (Å²) >= 11 is 0. The maximum Gasteiger partial charge on any atom is 0.303 e. The second kappa shape index (κ2) is 8.24. The highest BCUT2D eigenvalue weighted by Crippen LogP contribution is 2.68.